The van der Waals surface area contributed by atoms with Crippen molar-refractivity contribution in [1.29, 1.82) is 0 Å². The number of carbonyl (C=O) groups excluding carboxylic acids is 1. The molecule has 0 aliphatic rings. The number of hydrogen-bond donors (Lipinski definition) is 3. The summed E-state index contributed by atoms with van der Waals surface area (Å²) < 4.78 is 0. The Labute approximate surface area is 143 Å². The zero-order chi connectivity index (χ0) is 14.8. The first-order valence-electron chi connectivity index (χ1n) is 6.95. The number of guanidine groups is 1. The van der Waals surface area contributed by atoms with Gasteiger partial charge in [-0.15, -0.1) is 24.0 Å². The first kappa shape index (κ1) is 19.7. The predicted octanol–water partition coefficient (Wildman–Crippen LogP) is 1.52. The Balaban J connectivity index is 0.00000400. The average Bonchev–Trinajstić information content (AvgIpc) is 2.44. The Bertz CT molecular complexity index is 435. The maximum Gasteiger partial charge on any atom is 0.222 e. The Hall–Kier alpha value is -1.31. The molecule has 118 valence electrons. The van der Waals surface area contributed by atoms with Crippen molar-refractivity contribution in [3.05, 3.63) is 35.9 Å². The van der Waals surface area contributed by atoms with Crippen LogP contribution in [-0.2, 0) is 11.2 Å². The molecular formula is C15H25IN4O. The summed E-state index contributed by atoms with van der Waals surface area (Å²) in [7, 11) is 0. The Morgan fingerprint density at radius 2 is 1.81 bits per heavy atom. The van der Waals surface area contributed by atoms with Crippen molar-refractivity contribution in [2.24, 2.45) is 16.6 Å². The molecule has 0 aliphatic carbocycles. The highest BCUT2D eigenvalue weighted by molar-refractivity contribution is 14.0. The topological polar surface area (TPSA) is 79.5 Å². The molecule has 1 amide bonds. The molecule has 0 aliphatic heterocycles. The number of hydrogen-bond acceptors (Lipinski definition) is 2. The summed E-state index contributed by atoms with van der Waals surface area (Å²) in [6.45, 7) is 5.51. The molecule has 0 atom stereocenters. The van der Waals surface area contributed by atoms with E-state index < -0.39 is 0 Å². The second kappa shape index (κ2) is 11.4. The molecule has 0 unspecified atom stereocenters. The van der Waals surface area contributed by atoms with Gasteiger partial charge in [0.15, 0.2) is 5.96 Å². The maximum atomic E-state index is 11.3. The minimum atomic E-state index is 0. The fourth-order valence-corrected chi connectivity index (χ4v) is 1.59. The Kier molecular flexibility index (Phi) is 10.7. The minimum Gasteiger partial charge on any atom is -0.370 e. The lowest BCUT2D eigenvalue weighted by Crippen LogP contribution is -2.39. The highest BCUT2D eigenvalue weighted by Gasteiger charge is 2.04. The summed E-state index contributed by atoms with van der Waals surface area (Å²) in [5.41, 5.74) is 6.98. The van der Waals surface area contributed by atoms with Crippen molar-refractivity contribution >= 4 is 35.8 Å². The normalized spacial score (nSPS) is 10.9. The van der Waals surface area contributed by atoms with Gasteiger partial charge in [-0.2, -0.15) is 0 Å². The van der Waals surface area contributed by atoms with E-state index in [1.54, 1.807) is 0 Å². The Morgan fingerprint density at radius 1 is 1.19 bits per heavy atom. The van der Waals surface area contributed by atoms with Gasteiger partial charge < -0.3 is 16.4 Å². The molecule has 0 radical (unpaired) electrons. The predicted molar refractivity (Wildman–Crippen MR) is 97.9 cm³/mol. The highest BCUT2D eigenvalue weighted by atomic mass is 127. The van der Waals surface area contributed by atoms with E-state index in [0.717, 1.165) is 6.42 Å². The van der Waals surface area contributed by atoms with E-state index >= 15 is 0 Å². The van der Waals surface area contributed by atoms with Gasteiger partial charge in [-0.1, -0.05) is 44.2 Å². The lowest BCUT2D eigenvalue weighted by molar-refractivity contribution is -0.123. The number of nitrogens with two attached hydrogens (primary N) is 1. The maximum absolute atomic E-state index is 11.3. The van der Waals surface area contributed by atoms with Gasteiger partial charge in [0.2, 0.25) is 5.91 Å². The van der Waals surface area contributed by atoms with E-state index in [1.807, 2.05) is 32.0 Å². The van der Waals surface area contributed by atoms with Gasteiger partial charge in [0.25, 0.3) is 0 Å². The van der Waals surface area contributed by atoms with E-state index in [9.17, 15) is 4.79 Å². The Morgan fingerprint density at radius 3 is 2.43 bits per heavy atom. The molecule has 0 spiro atoms. The molecular weight excluding hydrogens is 379 g/mol. The fourth-order valence-electron chi connectivity index (χ4n) is 1.59. The van der Waals surface area contributed by atoms with Gasteiger partial charge in [0.05, 0.1) is 0 Å². The monoisotopic (exact) mass is 404 g/mol. The first-order chi connectivity index (χ1) is 9.59. The molecule has 0 saturated heterocycles. The van der Waals surface area contributed by atoms with Gasteiger partial charge in [-0.25, -0.2) is 0 Å². The number of rotatable bonds is 7. The van der Waals surface area contributed by atoms with Crippen molar-refractivity contribution in [1.82, 2.24) is 10.6 Å². The van der Waals surface area contributed by atoms with Crippen molar-refractivity contribution in [3.8, 4) is 0 Å². The molecule has 0 saturated carbocycles. The van der Waals surface area contributed by atoms with Crippen LogP contribution >= 0.6 is 24.0 Å². The van der Waals surface area contributed by atoms with Crippen LogP contribution in [-0.4, -0.2) is 31.5 Å². The second-order valence-electron chi connectivity index (χ2n) is 4.88. The van der Waals surface area contributed by atoms with Crippen molar-refractivity contribution in [2.75, 3.05) is 19.6 Å². The zero-order valence-electron chi connectivity index (χ0n) is 12.6. The summed E-state index contributed by atoms with van der Waals surface area (Å²) in [4.78, 5) is 15.6. The minimum absolute atomic E-state index is 0. The SMILES string of the molecule is CC(C)C(=O)NCCNC(N)=NCCc1ccccc1.I. The van der Waals surface area contributed by atoms with Crippen LogP contribution in [0.2, 0.25) is 0 Å². The van der Waals surface area contributed by atoms with Crippen LogP contribution in [0.1, 0.15) is 19.4 Å². The van der Waals surface area contributed by atoms with Crippen molar-refractivity contribution in [2.45, 2.75) is 20.3 Å². The van der Waals surface area contributed by atoms with E-state index in [-0.39, 0.29) is 35.8 Å². The van der Waals surface area contributed by atoms with Gasteiger partial charge in [0, 0.05) is 25.6 Å². The molecule has 0 heterocycles. The lowest BCUT2D eigenvalue weighted by Gasteiger charge is -2.09. The smallest absolute Gasteiger partial charge is 0.222 e. The number of nitrogens with one attached hydrogen (secondary N) is 2. The van der Waals surface area contributed by atoms with Gasteiger partial charge in [0.1, 0.15) is 0 Å². The number of halogens is 1. The standard InChI is InChI=1S/C15H24N4O.HI/c1-12(2)14(20)17-10-11-19-15(16)18-9-8-13-6-4-3-5-7-13;/h3-7,12H,8-11H2,1-2H3,(H,17,20)(H3,16,18,19);1H. The number of benzene rings is 1. The summed E-state index contributed by atoms with van der Waals surface area (Å²) >= 11 is 0. The number of nitrogens with zero attached hydrogens (tertiary/aromatic N) is 1. The third kappa shape index (κ3) is 9.28. The van der Waals surface area contributed by atoms with Crippen LogP contribution in [0.4, 0.5) is 0 Å². The molecule has 1 rings (SSSR count). The lowest BCUT2D eigenvalue weighted by atomic mass is 10.2. The highest BCUT2D eigenvalue weighted by Crippen LogP contribution is 1.99. The number of amides is 1. The molecule has 0 bridgehead atoms. The molecule has 0 fully saturated rings. The van der Waals surface area contributed by atoms with Crippen LogP contribution in [0.25, 0.3) is 0 Å². The molecule has 1 aromatic rings. The summed E-state index contributed by atoms with van der Waals surface area (Å²) in [6.07, 6.45) is 0.868. The van der Waals surface area contributed by atoms with Crippen LogP contribution in [0, 0.1) is 5.92 Å². The molecule has 1 aromatic carbocycles. The average molecular weight is 404 g/mol. The van der Waals surface area contributed by atoms with E-state index in [1.165, 1.54) is 5.56 Å². The van der Waals surface area contributed by atoms with E-state index in [0.29, 0.717) is 25.6 Å². The largest absolute Gasteiger partial charge is 0.370 e. The summed E-state index contributed by atoms with van der Waals surface area (Å²) in [5, 5.41) is 5.78. The van der Waals surface area contributed by atoms with Gasteiger partial charge >= 0.3 is 0 Å². The molecule has 0 aromatic heterocycles. The van der Waals surface area contributed by atoms with Gasteiger partial charge in [-0.3, -0.25) is 9.79 Å². The number of aliphatic imine (C=N–C) groups is 1. The summed E-state index contributed by atoms with van der Waals surface area (Å²) in [5.74, 6) is 0.470. The van der Waals surface area contributed by atoms with E-state index in [2.05, 4.69) is 27.8 Å². The van der Waals surface area contributed by atoms with Crippen LogP contribution in [0.3, 0.4) is 0 Å². The summed E-state index contributed by atoms with van der Waals surface area (Å²) in [6, 6.07) is 10.2. The van der Waals surface area contributed by atoms with Crippen molar-refractivity contribution in [3.63, 3.8) is 0 Å². The molecule has 21 heavy (non-hydrogen) atoms. The zero-order valence-corrected chi connectivity index (χ0v) is 15.0. The molecule has 6 heteroatoms. The van der Waals surface area contributed by atoms with Gasteiger partial charge in [-0.05, 0) is 12.0 Å². The molecule has 5 nitrogen and oxygen atoms in total. The van der Waals surface area contributed by atoms with Crippen molar-refractivity contribution < 1.29 is 4.79 Å². The van der Waals surface area contributed by atoms with Crippen LogP contribution in [0.5, 0.6) is 0 Å². The third-order valence-electron chi connectivity index (χ3n) is 2.78. The molecule has 4 N–H and O–H groups in total. The fraction of sp³-hybridized carbons (Fsp3) is 0.467. The first-order valence-corrected chi connectivity index (χ1v) is 6.95. The number of carbonyl (C=O) groups is 1. The quantitative estimate of drug-likeness (QED) is 0.279. The van der Waals surface area contributed by atoms with Crippen LogP contribution < -0.4 is 16.4 Å². The van der Waals surface area contributed by atoms with E-state index in [4.69, 9.17) is 5.73 Å². The van der Waals surface area contributed by atoms with Crippen LogP contribution in [0.15, 0.2) is 35.3 Å². The second-order valence-corrected chi connectivity index (χ2v) is 4.88. The third-order valence-corrected chi connectivity index (χ3v) is 2.78.